The minimum atomic E-state index is -0.193. The molecule has 0 atom stereocenters. The monoisotopic (exact) mass is 338 g/mol. The van der Waals surface area contributed by atoms with Gasteiger partial charge in [-0.15, -0.1) is 0 Å². The number of urea groups is 1. The van der Waals surface area contributed by atoms with Crippen molar-refractivity contribution in [3.8, 4) is 0 Å². The maximum Gasteiger partial charge on any atom is 0.324 e. The van der Waals surface area contributed by atoms with E-state index in [0.29, 0.717) is 13.1 Å². The summed E-state index contributed by atoms with van der Waals surface area (Å²) in [5.41, 5.74) is 2.06. The van der Waals surface area contributed by atoms with Crippen molar-refractivity contribution < 1.29 is 4.79 Å². The van der Waals surface area contributed by atoms with Crippen LogP contribution in [0.1, 0.15) is 5.69 Å². The molecule has 0 saturated carbocycles. The number of hydrogen-bond acceptors (Lipinski definition) is 6. The van der Waals surface area contributed by atoms with Crippen LogP contribution in [0.3, 0.4) is 0 Å². The molecule has 0 unspecified atom stereocenters. The molecule has 0 bridgehead atoms. The van der Waals surface area contributed by atoms with Gasteiger partial charge in [0.1, 0.15) is 0 Å². The van der Waals surface area contributed by atoms with E-state index < -0.39 is 0 Å². The maximum absolute atomic E-state index is 12.1. The first-order valence-electron chi connectivity index (χ1n) is 8.14. The average Bonchev–Trinajstić information content (AvgIpc) is 3.15. The molecule has 25 heavy (non-hydrogen) atoms. The highest BCUT2D eigenvalue weighted by Crippen LogP contribution is 2.14. The maximum atomic E-state index is 12.1. The molecular weight excluding hydrogens is 320 g/mol. The van der Waals surface area contributed by atoms with Gasteiger partial charge in [-0.2, -0.15) is 0 Å². The number of rotatable bonds is 3. The Labute approximate surface area is 144 Å². The van der Waals surface area contributed by atoms with Crippen LogP contribution in [0.4, 0.5) is 10.7 Å². The molecule has 0 aliphatic carbocycles. The number of H-pyrrole nitrogens is 1. The summed E-state index contributed by atoms with van der Waals surface area (Å²) in [6.45, 7) is 3.70. The molecule has 128 valence electrons. The van der Waals surface area contributed by atoms with Gasteiger partial charge in [-0.1, -0.05) is 29.4 Å². The fourth-order valence-corrected chi connectivity index (χ4v) is 2.93. The van der Waals surface area contributed by atoms with Crippen molar-refractivity contribution in [3.05, 3.63) is 42.1 Å². The molecule has 1 aliphatic heterocycles. The molecule has 3 aromatic rings. The second-order valence-electron chi connectivity index (χ2n) is 5.94. The highest BCUT2D eigenvalue weighted by atomic mass is 16.2. The van der Waals surface area contributed by atoms with E-state index in [1.807, 2.05) is 18.2 Å². The van der Waals surface area contributed by atoms with Crippen molar-refractivity contribution in [2.24, 2.45) is 0 Å². The number of pyridine rings is 1. The Morgan fingerprint density at radius 1 is 1.12 bits per heavy atom. The zero-order valence-electron chi connectivity index (χ0n) is 13.6. The summed E-state index contributed by atoms with van der Waals surface area (Å²) in [6, 6.07) is 12.1. The number of amides is 2. The molecule has 2 N–H and O–H groups in total. The lowest BCUT2D eigenvalue weighted by Gasteiger charge is -2.34. The van der Waals surface area contributed by atoms with Crippen LogP contribution >= 0.6 is 0 Å². The van der Waals surface area contributed by atoms with E-state index in [-0.39, 0.29) is 12.0 Å². The lowest BCUT2D eigenvalue weighted by molar-refractivity contribution is 0.142. The number of para-hydroxylation sites is 1. The van der Waals surface area contributed by atoms with Gasteiger partial charge >= 0.3 is 6.03 Å². The normalized spacial score (nSPS) is 15.4. The second-order valence-corrected chi connectivity index (χ2v) is 5.94. The highest BCUT2D eigenvalue weighted by Gasteiger charge is 2.22. The number of hydrogen-bond donors (Lipinski definition) is 2. The lowest BCUT2D eigenvalue weighted by Crippen LogP contribution is -2.49. The van der Waals surface area contributed by atoms with Crippen LogP contribution in [0, 0.1) is 0 Å². The standard InChI is InChI=1S/C16H18N8O/c25-16(18-15-19-21-22-20-15)24-9-7-23(8-10-24)11-13-6-5-12-3-1-2-4-14(12)17-13/h1-6H,7-11H2,(H2,18,19,20,21,22,25). The molecule has 3 heterocycles. The number of aromatic nitrogens is 5. The zero-order chi connectivity index (χ0) is 17.1. The minimum absolute atomic E-state index is 0.193. The first-order chi connectivity index (χ1) is 12.3. The molecule has 0 radical (unpaired) electrons. The minimum Gasteiger partial charge on any atom is -0.322 e. The van der Waals surface area contributed by atoms with Gasteiger partial charge in [-0.25, -0.2) is 9.89 Å². The Morgan fingerprint density at radius 2 is 1.96 bits per heavy atom. The van der Waals surface area contributed by atoms with Crippen molar-refractivity contribution >= 4 is 22.9 Å². The summed E-state index contributed by atoms with van der Waals surface area (Å²) >= 11 is 0. The largest absolute Gasteiger partial charge is 0.324 e. The fraction of sp³-hybridized carbons (Fsp3) is 0.312. The molecule has 2 amide bonds. The first-order valence-corrected chi connectivity index (χ1v) is 8.14. The Bertz CT molecular complexity index is 857. The van der Waals surface area contributed by atoms with Crippen molar-refractivity contribution in [3.63, 3.8) is 0 Å². The first kappa shape index (κ1) is 15.5. The third kappa shape index (κ3) is 3.56. The summed E-state index contributed by atoms with van der Waals surface area (Å²) in [5, 5.41) is 16.8. The summed E-state index contributed by atoms with van der Waals surface area (Å²) < 4.78 is 0. The molecular formula is C16H18N8O. The second kappa shape index (κ2) is 6.81. The highest BCUT2D eigenvalue weighted by molar-refractivity contribution is 5.87. The van der Waals surface area contributed by atoms with Crippen LogP contribution in [-0.4, -0.2) is 67.6 Å². The van der Waals surface area contributed by atoms with Gasteiger partial charge in [0.15, 0.2) is 0 Å². The number of aromatic amines is 1. The van der Waals surface area contributed by atoms with Crippen LogP contribution in [0.5, 0.6) is 0 Å². The SMILES string of the molecule is O=C(Nc1nnn[nH]1)N1CCN(Cc2ccc3ccccc3n2)CC1. The van der Waals surface area contributed by atoms with E-state index in [0.717, 1.165) is 36.2 Å². The molecule has 9 nitrogen and oxygen atoms in total. The van der Waals surface area contributed by atoms with Gasteiger partial charge in [-0.05, 0) is 22.6 Å². The van der Waals surface area contributed by atoms with E-state index in [2.05, 4.69) is 49.0 Å². The van der Waals surface area contributed by atoms with Gasteiger partial charge in [0, 0.05) is 38.1 Å². The topological polar surface area (TPSA) is 103 Å². The number of carbonyl (C=O) groups excluding carboxylic acids is 1. The Balaban J connectivity index is 1.32. The van der Waals surface area contributed by atoms with Crippen molar-refractivity contribution in [2.75, 3.05) is 31.5 Å². The molecule has 0 spiro atoms. The van der Waals surface area contributed by atoms with Crippen molar-refractivity contribution in [2.45, 2.75) is 6.54 Å². The number of piperazine rings is 1. The Hall–Kier alpha value is -3.07. The summed E-state index contributed by atoms with van der Waals surface area (Å²) in [4.78, 5) is 20.9. The summed E-state index contributed by atoms with van der Waals surface area (Å²) in [7, 11) is 0. The number of nitrogens with zero attached hydrogens (tertiary/aromatic N) is 6. The molecule has 1 fully saturated rings. The summed E-state index contributed by atoms with van der Waals surface area (Å²) in [6.07, 6.45) is 0. The predicted molar refractivity (Wildman–Crippen MR) is 91.8 cm³/mol. The quantitative estimate of drug-likeness (QED) is 0.741. The van der Waals surface area contributed by atoms with Crippen LogP contribution in [-0.2, 0) is 6.54 Å². The van der Waals surface area contributed by atoms with Crippen LogP contribution in [0.25, 0.3) is 10.9 Å². The van der Waals surface area contributed by atoms with Gasteiger partial charge in [0.2, 0.25) is 5.95 Å². The fourth-order valence-electron chi connectivity index (χ4n) is 2.93. The number of carbonyl (C=O) groups is 1. The molecule has 2 aromatic heterocycles. The van der Waals surface area contributed by atoms with Crippen LogP contribution in [0.2, 0.25) is 0 Å². The average molecular weight is 338 g/mol. The molecule has 4 rings (SSSR count). The van der Waals surface area contributed by atoms with Crippen molar-refractivity contribution in [1.29, 1.82) is 0 Å². The number of nitrogens with one attached hydrogen (secondary N) is 2. The zero-order valence-corrected chi connectivity index (χ0v) is 13.6. The van der Waals surface area contributed by atoms with E-state index in [1.165, 1.54) is 0 Å². The molecule has 1 saturated heterocycles. The third-order valence-electron chi connectivity index (χ3n) is 4.27. The van der Waals surface area contributed by atoms with Gasteiger partial charge < -0.3 is 4.90 Å². The van der Waals surface area contributed by atoms with Gasteiger partial charge in [0.05, 0.1) is 11.2 Å². The number of fused-ring (bicyclic) bond motifs is 1. The van der Waals surface area contributed by atoms with Crippen LogP contribution < -0.4 is 5.32 Å². The smallest absolute Gasteiger partial charge is 0.322 e. The van der Waals surface area contributed by atoms with Crippen LogP contribution in [0.15, 0.2) is 36.4 Å². The van der Waals surface area contributed by atoms with E-state index in [4.69, 9.17) is 4.98 Å². The van der Waals surface area contributed by atoms with E-state index in [1.54, 1.807) is 4.90 Å². The number of benzene rings is 1. The molecule has 1 aliphatic rings. The van der Waals surface area contributed by atoms with Gasteiger partial charge in [-0.3, -0.25) is 15.2 Å². The number of tetrazole rings is 1. The third-order valence-corrected chi connectivity index (χ3v) is 4.27. The Morgan fingerprint density at radius 3 is 2.76 bits per heavy atom. The predicted octanol–water partition coefficient (Wildman–Crippen LogP) is 1.10. The number of anilines is 1. The summed E-state index contributed by atoms with van der Waals surface area (Å²) in [5.74, 6) is 0.257. The van der Waals surface area contributed by atoms with E-state index in [9.17, 15) is 4.79 Å². The van der Waals surface area contributed by atoms with E-state index >= 15 is 0 Å². The Kier molecular flexibility index (Phi) is 4.21. The lowest BCUT2D eigenvalue weighted by atomic mass is 10.2. The molecule has 1 aromatic carbocycles. The van der Waals surface area contributed by atoms with Crippen molar-refractivity contribution in [1.82, 2.24) is 35.4 Å². The molecule has 9 heteroatoms. The van der Waals surface area contributed by atoms with Gasteiger partial charge in [0.25, 0.3) is 0 Å².